The molecule has 1 aliphatic rings. The van der Waals surface area contributed by atoms with E-state index >= 15 is 0 Å². The molecular weight excluding hydrogens is 342 g/mol. The minimum Gasteiger partial charge on any atom is -0.340 e. The normalized spacial score (nSPS) is 14.0. The zero-order valence-electron chi connectivity index (χ0n) is 15.8. The Hall–Kier alpha value is -3.20. The van der Waals surface area contributed by atoms with Crippen LogP contribution in [0.2, 0.25) is 0 Å². The lowest BCUT2D eigenvalue weighted by Crippen LogP contribution is -2.08. The average Bonchev–Trinajstić information content (AvgIpc) is 2.69. The molecule has 0 bridgehead atoms. The van der Waals surface area contributed by atoms with Crippen molar-refractivity contribution in [3.05, 3.63) is 95.8 Å². The number of rotatable bonds is 5. The lowest BCUT2D eigenvalue weighted by atomic mass is 9.80. The van der Waals surface area contributed by atoms with Crippen molar-refractivity contribution in [3.63, 3.8) is 0 Å². The van der Waals surface area contributed by atoms with Gasteiger partial charge in [-0.1, -0.05) is 55.0 Å². The van der Waals surface area contributed by atoms with Crippen LogP contribution in [0, 0.1) is 0 Å². The van der Waals surface area contributed by atoms with Crippen molar-refractivity contribution < 1.29 is 0 Å². The van der Waals surface area contributed by atoms with Crippen LogP contribution in [0.25, 0.3) is 10.9 Å². The van der Waals surface area contributed by atoms with E-state index in [0.717, 1.165) is 28.8 Å². The van der Waals surface area contributed by atoms with Crippen molar-refractivity contribution in [2.75, 3.05) is 5.32 Å². The van der Waals surface area contributed by atoms with E-state index in [9.17, 15) is 0 Å². The van der Waals surface area contributed by atoms with E-state index in [0.29, 0.717) is 5.92 Å². The third kappa shape index (κ3) is 3.48. The summed E-state index contributed by atoms with van der Waals surface area (Å²) in [6.45, 7) is 0. The average molecular weight is 365 g/mol. The smallest absolute Gasteiger partial charge is 0.141 e. The van der Waals surface area contributed by atoms with Crippen molar-refractivity contribution in [1.29, 1.82) is 0 Å². The van der Waals surface area contributed by atoms with E-state index in [1.165, 1.54) is 36.0 Å². The van der Waals surface area contributed by atoms with E-state index in [1.54, 1.807) is 6.33 Å². The molecule has 0 radical (unpaired) electrons. The number of nitrogens with zero attached hydrogens (tertiary/aromatic N) is 2. The lowest BCUT2D eigenvalue weighted by Gasteiger charge is -2.26. The third-order valence-corrected chi connectivity index (χ3v) is 5.70. The van der Waals surface area contributed by atoms with Crippen molar-refractivity contribution in [2.45, 2.75) is 31.6 Å². The molecule has 4 aromatic rings. The van der Waals surface area contributed by atoms with Gasteiger partial charge in [0.25, 0.3) is 0 Å². The summed E-state index contributed by atoms with van der Waals surface area (Å²) in [5.74, 6) is 1.58. The molecule has 0 amide bonds. The summed E-state index contributed by atoms with van der Waals surface area (Å²) in [5.41, 5.74) is 6.08. The summed E-state index contributed by atoms with van der Waals surface area (Å²) >= 11 is 0. The van der Waals surface area contributed by atoms with Crippen LogP contribution in [0.15, 0.2) is 79.1 Å². The topological polar surface area (TPSA) is 37.8 Å². The van der Waals surface area contributed by atoms with Crippen molar-refractivity contribution in [3.8, 4) is 0 Å². The van der Waals surface area contributed by atoms with Crippen LogP contribution in [0.5, 0.6) is 0 Å². The van der Waals surface area contributed by atoms with Gasteiger partial charge in [-0.3, -0.25) is 0 Å². The first-order valence-corrected chi connectivity index (χ1v) is 10.00. The van der Waals surface area contributed by atoms with Crippen molar-refractivity contribution >= 4 is 22.4 Å². The standard InChI is InChI=1S/C25H23N3/c1-2-5-18(6-3-1)15-19-9-12-22(13-10-19)28-25-23-16-21(20-7-4-8-20)11-14-24(23)26-17-27-25/h1-3,5-6,9-14,16-17,20H,4,7-8,15H2,(H,26,27,28). The molecule has 0 aliphatic heterocycles. The zero-order chi connectivity index (χ0) is 18.8. The van der Waals surface area contributed by atoms with Gasteiger partial charge in [-0.25, -0.2) is 9.97 Å². The fraction of sp³-hybridized carbons (Fsp3) is 0.200. The predicted molar refractivity (Wildman–Crippen MR) is 115 cm³/mol. The van der Waals surface area contributed by atoms with Crippen LogP contribution < -0.4 is 5.32 Å². The largest absolute Gasteiger partial charge is 0.340 e. The van der Waals surface area contributed by atoms with Crippen LogP contribution in [0.4, 0.5) is 11.5 Å². The number of anilines is 2. The number of benzene rings is 3. The Morgan fingerprint density at radius 3 is 2.36 bits per heavy atom. The van der Waals surface area contributed by atoms with Gasteiger partial charge in [0.2, 0.25) is 0 Å². The van der Waals surface area contributed by atoms with E-state index in [2.05, 4.69) is 88.1 Å². The minimum atomic E-state index is 0.703. The molecule has 1 N–H and O–H groups in total. The maximum atomic E-state index is 4.51. The monoisotopic (exact) mass is 365 g/mol. The van der Waals surface area contributed by atoms with Crippen molar-refractivity contribution in [1.82, 2.24) is 9.97 Å². The molecule has 0 atom stereocenters. The Balaban J connectivity index is 1.38. The SMILES string of the molecule is c1ccc(Cc2ccc(Nc3ncnc4ccc(C5CCC5)cc34)cc2)cc1. The molecule has 1 heterocycles. The molecule has 28 heavy (non-hydrogen) atoms. The summed E-state index contributed by atoms with van der Waals surface area (Å²) < 4.78 is 0. The Labute approximate surface area is 165 Å². The lowest BCUT2D eigenvalue weighted by molar-refractivity contribution is 0.420. The molecule has 3 nitrogen and oxygen atoms in total. The van der Waals surface area contributed by atoms with Crippen LogP contribution in [0.3, 0.4) is 0 Å². The maximum absolute atomic E-state index is 4.51. The van der Waals surface area contributed by atoms with E-state index in [4.69, 9.17) is 0 Å². The molecular formula is C25H23N3. The number of hydrogen-bond acceptors (Lipinski definition) is 3. The second kappa shape index (κ2) is 7.43. The second-order valence-corrected chi connectivity index (χ2v) is 7.61. The third-order valence-electron chi connectivity index (χ3n) is 5.70. The quantitative estimate of drug-likeness (QED) is 0.455. The molecule has 5 rings (SSSR count). The minimum absolute atomic E-state index is 0.703. The zero-order valence-corrected chi connectivity index (χ0v) is 15.8. The fourth-order valence-corrected chi connectivity index (χ4v) is 3.84. The Morgan fingerprint density at radius 2 is 1.61 bits per heavy atom. The van der Waals surface area contributed by atoms with Gasteiger partial charge in [0, 0.05) is 11.1 Å². The molecule has 0 unspecified atom stereocenters. The first kappa shape index (κ1) is 16.9. The molecule has 1 fully saturated rings. The molecule has 3 aromatic carbocycles. The van der Waals surface area contributed by atoms with Gasteiger partial charge in [-0.15, -0.1) is 0 Å². The first-order valence-electron chi connectivity index (χ1n) is 10.00. The molecule has 1 saturated carbocycles. The summed E-state index contributed by atoms with van der Waals surface area (Å²) in [7, 11) is 0. The highest BCUT2D eigenvalue weighted by Gasteiger charge is 2.20. The molecule has 0 saturated heterocycles. The molecule has 0 spiro atoms. The molecule has 1 aliphatic carbocycles. The highest BCUT2D eigenvalue weighted by atomic mass is 15.0. The van der Waals surface area contributed by atoms with Gasteiger partial charge >= 0.3 is 0 Å². The van der Waals surface area contributed by atoms with Crippen LogP contribution >= 0.6 is 0 Å². The van der Waals surface area contributed by atoms with E-state index in [1.807, 2.05) is 0 Å². The van der Waals surface area contributed by atoms with Gasteiger partial charge in [-0.2, -0.15) is 0 Å². The predicted octanol–water partition coefficient (Wildman–Crippen LogP) is 6.23. The second-order valence-electron chi connectivity index (χ2n) is 7.61. The number of hydrogen-bond donors (Lipinski definition) is 1. The summed E-state index contributed by atoms with van der Waals surface area (Å²) in [4.78, 5) is 8.95. The Bertz CT molecular complexity index is 1080. The fourth-order valence-electron chi connectivity index (χ4n) is 3.84. The Morgan fingerprint density at radius 1 is 0.821 bits per heavy atom. The number of aromatic nitrogens is 2. The van der Waals surface area contributed by atoms with E-state index < -0.39 is 0 Å². The summed E-state index contributed by atoms with van der Waals surface area (Å²) in [5, 5.41) is 4.59. The van der Waals surface area contributed by atoms with Gasteiger partial charge in [0.15, 0.2) is 0 Å². The molecule has 138 valence electrons. The first-order chi connectivity index (χ1) is 13.8. The number of fused-ring (bicyclic) bond motifs is 1. The van der Waals surface area contributed by atoms with Crippen LogP contribution in [0.1, 0.15) is 41.9 Å². The molecule has 3 heteroatoms. The van der Waals surface area contributed by atoms with Gasteiger partial charge < -0.3 is 5.32 Å². The van der Waals surface area contributed by atoms with Gasteiger partial charge in [0.05, 0.1) is 5.52 Å². The van der Waals surface area contributed by atoms with Crippen LogP contribution in [-0.2, 0) is 6.42 Å². The van der Waals surface area contributed by atoms with Crippen LogP contribution in [-0.4, -0.2) is 9.97 Å². The van der Waals surface area contributed by atoms with E-state index in [-0.39, 0.29) is 0 Å². The summed E-state index contributed by atoms with van der Waals surface area (Å²) in [6, 6.07) is 25.8. The van der Waals surface area contributed by atoms with Gasteiger partial charge in [-0.05, 0) is 66.1 Å². The van der Waals surface area contributed by atoms with Gasteiger partial charge in [0.1, 0.15) is 12.1 Å². The number of nitrogens with one attached hydrogen (secondary N) is 1. The summed E-state index contributed by atoms with van der Waals surface area (Å²) in [6.07, 6.45) is 6.52. The van der Waals surface area contributed by atoms with Crippen molar-refractivity contribution in [2.24, 2.45) is 0 Å². The Kier molecular flexibility index (Phi) is 4.50. The maximum Gasteiger partial charge on any atom is 0.141 e. The highest BCUT2D eigenvalue weighted by Crippen LogP contribution is 2.38. The highest BCUT2D eigenvalue weighted by molar-refractivity contribution is 5.91. The molecule has 1 aromatic heterocycles.